The summed E-state index contributed by atoms with van der Waals surface area (Å²) in [5.74, 6) is -0.599. The average Bonchev–Trinajstić information content (AvgIpc) is 2.24. The molecule has 1 aromatic rings. The number of benzene rings is 1. The molecule has 1 aromatic carbocycles. The molecule has 5 heteroatoms. The second kappa shape index (κ2) is 3.81. The van der Waals surface area contributed by atoms with Gasteiger partial charge in [-0.25, -0.2) is 12.8 Å². The van der Waals surface area contributed by atoms with Crippen LogP contribution in [0.3, 0.4) is 0 Å². The quantitative estimate of drug-likeness (QED) is 0.812. The van der Waals surface area contributed by atoms with Crippen molar-refractivity contribution >= 4 is 9.84 Å². The molecule has 1 aliphatic carbocycles. The Bertz CT molecular complexity index is 583. The van der Waals surface area contributed by atoms with Gasteiger partial charge < -0.3 is 0 Å². The highest BCUT2D eigenvalue weighted by molar-refractivity contribution is 7.93. The molecule has 1 saturated carbocycles. The first kappa shape index (κ1) is 12.1. The highest BCUT2D eigenvalue weighted by atomic mass is 32.2. The van der Waals surface area contributed by atoms with Gasteiger partial charge in [-0.3, -0.25) is 0 Å². The van der Waals surface area contributed by atoms with Gasteiger partial charge in [-0.2, -0.15) is 5.26 Å². The second-order valence-corrected chi connectivity index (χ2v) is 6.78. The molecule has 0 saturated heterocycles. The van der Waals surface area contributed by atoms with E-state index in [4.69, 9.17) is 5.26 Å². The molecule has 1 fully saturated rings. The van der Waals surface area contributed by atoms with Crippen molar-refractivity contribution in [1.29, 1.82) is 5.26 Å². The Hall–Kier alpha value is -1.41. The lowest BCUT2D eigenvalue weighted by molar-refractivity contribution is 0.287. The summed E-state index contributed by atoms with van der Waals surface area (Å²) in [5.41, 5.74) is 0. The normalized spacial score (nSPS) is 28.2. The molecule has 0 atom stereocenters. The smallest absolute Gasteiger partial charge is 0.200 e. The van der Waals surface area contributed by atoms with E-state index in [2.05, 4.69) is 0 Å². The first-order valence-corrected chi connectivity index (χ1v) is 6.82. The zero-order valence-electron chi connectivity index (χ0n) is 9.35. The van der Waals surface area contributed by atoms with Crippen molar-refractivity contribution in [3.8, 4) is 6.07 Å². The number of hydrogen-bond acceptors (Lipinski definition) is 3. The lowest BCUT2D eigenvalue weighted by Gasteiger charge is -2.39. The molecular weight excluding hydrogens is 241 g/mol. The summed E-state index contributed by atoms with van der Waals surface area (Å²) in [6.07, 6.45) is 0.556. The van der Waals surface area contributed by atoms with Crippen LogP contribution in [0, 0.1) is 23.1 Å². The number of rotatable bonds is 2. The van der Waals surface area contributed by atoms with E-state index in [0.29, 0.717) is 0 Å². The van der Waals surface area contributed by atoms with Crippen LogP contribution in [-0.4, -0.2) is 13.2 Å². The number of halogens is 1. The largest absolute Gasteiger partial charge is 0.222 e. The van der Waals surface area contributed by atoms with Crippen LogP contribution in [0.25, 0.3) is 0 Å². The Morgan fingerprint density at radius 1 is 1.41 bits per heavy atom. The highest BCUT2D eigenvalue weighted by Gasteiger charge is 2.54. The average molecular weight is 253 g/mol. The van der Waals surface area contributed by atoms with Gasteiger partial charge in [0.1, 0.15) is 10.7 Å². The molecule has 0 aromatic heterocycles. The van der Waals surface area contributed by atoms with Crippen LogP contribution < -0.4 is 0 Å². The molecule has 0 bridgehead atoms. The van der Waals surface area contributed by atoms with Crippen LogP contribution in [0.2, 0.25) is 0 Å². The Balaban J connectivity index is 2.52. The molecule has 0 unspecified atom stereocenters. The Kier molecular flexibility index (Phi) is 2.70. The number of sulfone groups is 1. The molecule has 2 rings (SSSR count). The Morgan fingerprint density at radius 3 is 2.47 bits per heavy atom. The van der Waals surface area contributed by atoms with Gasteiger partial charge in [0, 0.05) is 0 Å². The van der Waals surface area contributed by atoms with Crippen molar-refractivity contribution < 1.29 is 12.8 Å². The van der Waals surface area contributed by atoms with Gasteiger partial charge in [0.05, 0.1) is 6.07 Å². The van der Waals surface area contributed by atoms with Crippen molar-refractivity contribution in [2.24, 2.45) is 5.92 Å². The minimum Gasteiger partial charge on any atom is -0.222 e. The summed E-state index contributed by atoms with van der Waals surface area (Å²) in [5, 5.41) is 9.09. The number of nitrogens with zero attached hydrogens (tertiary/aromatic N) is 1. The van der Waals surface area contributed by atoms with Crippen LogP contribution in [-0.2, 0) is 9.84 Å². The van der Waals surface area contributed by atoms with Gasteiger partial charge in [0.25, 0.3) is 0 Å². The number of nitriles is 1. The second-order valence-electron chi connectivity index (χ2n) is 4.55. The van der Waals surface area contributed by atoms with Crippen LogP contribution in [0.5, 0.6) is 0 Å². The van der Waals surface area contributed by atoms with E-state index in [0.717, 1.165) is 6.07 Å². The predicted molar refractivity (Wildman–Crippen MR) is 60.3 cm³/mol. The third kappa shape index (κ3) is 1.64. The Labute approximate surface area is 99.8 Å². The van der Waals surface area contributed by atoms with Gasteiger partial charge in [-0.15, -0.1) is 0 Å². The molecule has 0 N–H and O–H groups in total. The summed E-state index contributed by atoms with van der Waals surface area (Å²) in [6, 6.07) is 7.06. The molecule has 0 amide bonds. The van der Waals surface area contributed by atoms with Crippen LogP contribution in [0.15, 0.2) is 29.2 Å². The highest BCUT2D eigenvalue weighted by Crippen LogP contribution is 2.46. The maximum Gasteiger partial charge on any atom is 0.200 e. The Morgan fingerprint density at radius 2 is 2.00 bits per heavy atom. The summed E-state index contributed by atoms with van der Waals surface area (Å²) in [6.45, 7) is 1.88. The SMILES string of the molecule is CC1CC(C#N)(S(=O)(=O)c2ccccc2F)C1. The number of hydrogen-bond donors (Lipinski definition) is 0. The molecule has 0 aliphatic heterocycles. The van der Waals surface area contributed by atoms with E-state index in [1.807, 2.05) is 13.0 Å². The molecule has 0 radical (unpaired) electrons. The summed E-state index contributed by atoms with van der Waals surface area (Å²) >= 11 is 0. The van der Waals surface area contributed by atoms with E-state index in [-0.39, 0.29) is 23.7 Å². The van der Waals surface area contributed by atoms with E-state index < -0.39 is 20.4 Å². The molecule has 0 heterocycles. The summed E-state index contributed by atoms with van der Waals surface area (Å²) in [7, 11) is -3.91. The standard InChI is InChI=1S/C12H12FNO2S/c1-9-6-12(7-9,8-14)17(15,16)11-5-3-2-4-10(11)13/h2-5,9H,6-7H2,1H3. The molecule has 0 spiro atoms. The lowest BCUT2D eigenvalue weighted by Crippen LogP contribution is -2.48. The fourth-order valence-corrected chi connectivity index (χ4v) is 4.44. The fourth-order valence-electron chi connectivity index (χ4n) is 2.31. The van der Waals surface area contributed by atoms with Crippen molar-refractivity contribution in [3.05, 3.63) is 30.1 Å². The molecule has 90 valence electrons. The van der Waals surface area contributed by atoms with Crippen molar-refractivity contribution in [1.82, 2.24) is 0 Å². The minimum absolute atomic E-state index is 0.191. The maximum atomic E-state index is 13.5. The van der Waals surface area contributed by atoms with Gasteiger partial charge in [-0.05, 0) is 30.9 Å². The van der Waals surface area contributed by atoms with Crippen LogP contribution in [0.1, 0.15) is 19.8 Å². The van der Waals surface area contributed by atoms with E-state index >= 15 is 0 Å². The predicted octanol–water partition coefficient (Wildman–Crippen LogP) is 2.29. The first-order chi connectivity index (χ1) is 7.93. The summed E-state index contributed by atoms with van der Waals surface area (Å²) in [4.78, 5) is -0.367. The fraction of sp³-hybridized carbons (Fsp3) is 0.417. The van der Waals surface area contributed by atoms with E-state index in [1.54, 1.807) is 0 Å². The van der Waals surface area contributed by atoms with Crippen LogP contribution >= 0.6 is 0 Å². The zero-order chi connectivity index (χ0) is 12.7. The minimum atomic E-state index is -3.91. The monoisotopic (exact) mass is 253 g/mol. The van der Waals surface area contributed by atoms with Crippen molar-refractivity contribution in [3.63, 3.8) is 0 Å². The molecular formula is C12H12FNO2S. The van der Waals surface area contributed by atoms with Gasteiger partial charge in [-0.1, -0.05) is 19.1 Å². The van der Waals surface area contributed by atoms with Crippen molar-refractivity contribution in [2.45, 2.75) is 29.4 Å². The third-order valence-corrected chi connectivity index (χ3v) is 5.56. The third-order valence-electron chi connectivity index (χ3n) is 3.20. The van der Waals surface area contributed by atoms with Gasteiger partial charge >= 0.3 is 0 Å². The summed E-state index contributed by atoms with van der Waals surface area (Å²) < 4.78 is 36.6. The molecule has 17 heavy (non-hydrogen) atoms. The maximum absolute atomic E-state index is 13.5. The molecule has 3 nitrogen and oxygen atoms in total. The van der Waals surface area contributed by atoms with E-state index in [9.17, 15) is 12.8 Å². The van der Waals surface area contributed by atoms with Crippen molar-refractivity contribution in [2.75, 3.05) is 0 Å². The lowest BCUT2D eigenvalue weighted by atomic mass is 9.76. The zero-order valence-corrected chi connectivity index (χ0v) is 10.2. The van der Waals surface area contributed by atoms with Crippen LogP contribution in [0.4, 0.5) is 4.39 Å². The topological polar surface area (TPSA) is 57.9 Å². The first-order valence-electron chi connectivity index (χ1n) is 5.33. The molecule has 1 aliphatic rings. The van der Waals surface area contributed by atoms with Gasteiger partial charge in [0.15, 0.2) is 14.6 Å². The van der Waals surface area contributed by atoms with Gasteiger partial charge in [0.2, 0.25) is 0 Å². The van der Waals surface area contributed by atoms with E-state index in [1.165, 1.54) is 18.2 Å².